The van der Waals surface area contributed by atoms with Gasteiger partial charge >= 0.3 is 0 Å². The van der Waals surface area contributed by atoms with Gasteiger partial charge in [-0.1, -0.05) is 44.1 Å². The van der Waals surface area contributed by atoms with Crippen molar-refractivity contribution in [2.45, 2.75) is 27.2 Å². The molecule has 2 aromatic rings. The summed E-state index contributed by atoms with van der Waals surface area (Å²) in [6, 6.07) is 8.23. The lowest BCUT2D eigenvalue weighted by atomic mass is 9.92. The number of amides is 1. The number of carbonyl (C=O) groups excluding carboxylic acids is 2. The topological polar surface area (TPSA) is 109 Å². The van der Waals surface area contributed by atoms with Crippen molar-refractivity contribution in [3.05, 3.63) is 35.7 Å². The van der Waals surface area contributed by atoms with Gasteiger partial charge in [-0.05, 0) is 11.5 Å². The maximum Gasteiger partial charge on any atom is 0.245 e. The highest BCUT2D eigenvalue weighted by Crippen LogP contribution is 2.23. The molecule has 0 unspecified atom stereocenters. The van der Waals surface area contributed by atoms with Crippen LogP contribution in [0.1, 0.15) is 37.0 Å². The summed E-state index contributed by atoms with van der Waals surface area (Å²) < 4.78 is 5.26. The molecular formula is C18H20N4O3. The Hall–Kier alpha value is -3.01. The molecule has 0 aliphatic rings. The van der Waals surface area contributed by atoms with Crippen molar-refractivity contribution in [2.75, 3.05) is 7.05 Å². The van der Waals surface area contributed by atoms with Crippen molar-refractivity contribution in [1.82, 2.24) is 15.5 Å². The van der Waals surface area contributed by atoms with Crippen LogP contribution in [0.5, 0.6) is 0 Å². The summed E-state index contributed by atoms with van der Waals surface area (Å²) in [5, 5.41) is 15.3. The Bertz CT molecular complexity index is 827. The number of nitrogens with zero attached hydrogens (tertiary/aromatic N) is 3. The lowest BCUT2D eigenvalue weighted by molar-refractivity contribution is -0.121. The average molecular weight is 340 g/mol. The molecule has 0 saturated carbocycles. The first kappa shape index (κ1) is 18.3. The number of ketones is 1. The molecule has 0 spiro atoms. The number of aromatic nitrogens is 2. The number of hydrogen-bond acceptors (Lipinski definition) is 6. The molecule has 7 nitrogen and oxygen atoms in total. The van der Waals surface area contributed by atoms with Crippen LogP contribution in [0, 0.1) is 22.7 Å². The van der Waals surface area contributed by atoms with Gasteiger partial charge < -0.3 is 9.84 Å². The molecular weight excluding hydrogens is 320 g/mol. The Morgan fingerprint density at radius 3 is 2.68 bits per heavy atom. The molecule has 1 heterocycles. The summed E-state index contributed by atoms with van der Waals surface area (Å²) in [6.45, 7) is 6.20. The summed E-state index contributed by atoms with van der Waals surface area (Å²) in [5.74, 6) is -1.71. The van der Waals surface area contributed by atoms with Crippen LogP contribution in [-0.4, -0.2) is 28.9 Å². The normalized spacial score (nSPS) is 12.3. The molecule has 2 rings (SSSR count). The highest BCUT2D eigenvalue weighted by atomic mass is 16.5. The van der Waals surface area contributed by atoms with Crippen LogP contribution in [0.25, 0.3) is 11.4 Å². The molecule has 1 atom stereocenters. The number of nitriles is 1. The number of nitrogens with one attached hydrogen (secondary N) is 1. The van der Waals surface area contributed by atoms with Crippen molar-refractivity contribution in [3.8, 4) is 17.5 Å². The molecule has 0 aliphatic carbocycles. The Morgan fingerprint density at radius 2 is 2.08 bits per heavy atom. The van der Waals surface area contributed by atoms with Gasteiger partial charge in [0.05, 0.1) is 6.07 Å². The highest BCUT2D eigenvalue weighted by Gasteiger charge is 2.27. The molecule has 0 saturated heterocycles. The van der Waals surface area contributed by atoms with Crippen LogP contribution in [-0.2, 0) is 11.2 Å². The Kier molecular flexibility index (Phi) is 5.32. The number of rotatable bonds is 5. The van der Waals surface area contributed by atoms with Crippen molar-refractivity contribution in [1.29, 1.82) is 5.26 Å². The third-order valence-corrected chi connectivity index (χ3v) is 3.45. The molecule has 0 radical (unpaired) electrons. The highest BCUT2D eigenvalue weighted by molar-refractivity contribution is 6.12. The fourth-order valence-electron chi connectivity index (χ4n) is 2.26. The van der Waals surface area contributed by atoms with Crippen LogP contribution in [0.15, 0.2) is 28.8 Å². The van der Waals surface area contributed by atoms with E-state index in [2.05, 4.69) is 36.2 Å². The maximum atomic E-state index is 12.4. The third-order valence-electron chi connectivity index (χ3n) is 3.45. The molecule has 7 heteroatoms. The fourth-order valence-corrected chi connectivity index (χ4v) is 2.26. The minimum absolute atomic E-state index is 0.00908. The van der Waals surface area contributed by atoms with Gasteiger partial charge in [-0.3, -0.25) is 9.59 Å². The lowest BCUT2D eigenvalue weighted by Gasteiger charge is -2.13. The fraction of sp³-hybridized carbons (Fsp3) is 0.389. The van der Waals surface area contributed by atoms with E-state index >= 15 is 0 Å². The quantitative estimate of drug-likeness (QED) is 0.661. The van der Waals surface area contributed by atoms with E-state index < -0.39 is 17.6 Å². The van der Waals surface area contributed by atoms with Gasteiger partial charge in [0, 0.05) is 24.6 Å². The van der Waals surface area contributed by atoms with Crippen LogP contribution < -0.4 is 5.32 Å². The zero-order valence-electron chi connectivity index (χ0n) is 14.7. The van der Waals surface area contributed by atoms with Gasteiger partial charge in [0.2, 0.25) is 17.6 Å². The summed E-state index contributed by atoms with van der Waals surface area (Å²) in [7, 11) is 1.38. The molecule has 1 aromatic heterocycles. The molecule has 1 amide bonds. The summed E-state index contributed by atoms with van der Waals surface area (Å²) in [4.78, 5) is 28.4. The number of carbonyl (C=O) groups is 2. The van der Waals surface area contributed by atoms with Gasteiger partial charge in [-0.2, -0.15) is 10.2 Å². The predicted molar refractivity (Wildman–Crippen MR) is 90.4 cm³/mol. The van der Waals surface area contributed by atoms with E-state index in [0.717, 1.165) is 0 Å². The van der Waals surface area contributed by atoms with Crippen LogP contribution in [0.2, 0.25) is 0 Å². The average Bonchev–Trinajstić information content (AvgIpc) is 3.01. The Balaban J connectivity index is 2.29. The lowest BCUT2D eigenvalue weighted by Crippen LogP contribution is -2.32. The van der Waals surface area contributed by atoms with E-state index in [1.165, 1.54) is 7.05 Å². The number of Topliss-reactive ketones (excluding diaryl/α,β-unsaturated/α-hetero) is 1. The third kappa shape index (κ3) is 4.51. The van der Waals surface area contributed by atoms with Crippen molar-refractivity contribution in [2.24, 2.45) is 11.3 Å². The second-order valence-electron chi connectivity index (χ2n) is 6.87. The van der Waals surface area contributed by atoms with Gasteiger partial charge in [-0.25, -0.2) is 0 Å². The number of benzene rings is 1. The van der Waals surface area contributed by atoms with Crippen LogP contribution in [0.3, 0.4) is 0 Å². The second kappa shape index (κ2) is 7.26. The van der Waals surface area contributed by atoms with Gasteiger partial charge in [0.15, 0.2) is 11.7 Å². The first-order valence-electron chi connectivity index (χ1n) is 7.83. The first-order chi connectivity index (χ1) is 11.7. The maximum absolute atomic E-state index is 12.4. The first-order valence-corrected chi connectivity index (χ1v) is 7.83. The zero-order valence-corrected chi connectivity index (χ0v) is 14.7. The van der Waals surface area contributed by atoms with E-state index in [-0.39, 0.29) is 11.0 Å². The second-order valence-corrected chi connectivity index (χ2v) is 6.87. The van der Waals surface area contributed by atoms with E-state index in [4.69, 9.17) is 9.78 Å². The minimum atomic E-state index is -1.39. The largest absolute Gasteiger partial charge is 0.358 e. The molecule has 25 heavy (non-hydrogen) atoms. The smallest absolute Gasteiger partial charge is 0.245 e. The predicted octanol–water partition coefficient (Wildman–Crippen LogP) is 2.39. The van der Waals surface area contributed by atoms with Gasteiger partial charge in [0.25, 0.3) is 0 Å². The minimum Gasteiger partial charge on any atom is -0.358 e. The van der Waals surface area contributed by atoms with Crippen molar-refractivity contribution < 1.29 is 14.1 Å². The summed E-state index contributed by atoms with van der Waals surface area (Å²) in [5.41, 5.74) is 0.841. The van der Waals surface area contributed by atoms with Gasteiger partial charge in [0.1, 0.15) is 0 Å². The number of hydrogen-bond donors (Lipinski definition) is 1. The summed E-state index contributed by atoms with van der Waals surface area (Å²) in [6.07, 6.45) is 0.631. The zero-order chi connectivity index (χ0) is 18.6. The molecule has 0 fully saturated rings. The Morgan fingerprint density at radius 1 is 1.36 bits per heavy atom. The van der Waals surface area contributed by atoms with Crippen LogP contribution in [0.4, 0.5) is 0 Å². The molecule has 0 bridgehead atoms. The van der Waals surface area contributed by atoms with Crippen LogP contribution >= 0.6 is 0 Å². The Labute approximate surface area is 146 Å². The molecule has 1 N–H and O–H groups in total. The van der Waals surface area contributed by atoms with E-state index in [0.29, 0.717) is 23.7 Å². The standard InChI is InChI=1S/C18H20N4O3/c1-18(2,3)9-14-21-16(22-25-14)12-7-5-6-11(8-12)15(23)13(10-19)17(24)20-4/h5-8,13H,9H2,1-4H3,(H,20,24)/t13-/m0/s1. The van der Waals surface area contributed by atoms with E-state index in [1.54, 1.807) is 30.3 Å². The molecule has 1 aromatic carbocycles. The monoisotopic (exact) mass is 340 g/mol. The summed E-state index contributed by atoms with van der Waals surface area (Å²) >= 11 is 0. The van der Waals surface area contributed by atoms with Crippen molar-refractivity contribution in [3.63, 3.8) is 0 Å². The molecule has 0 aliphatic heterocycles. The van der Waals surface area contributed by atoms with Gasteiger partial charge in [-0.15, -0.1) is 0 Å². The van der Waals surface area contributed by atoms with E-state index in [1.807, 2.05) is 0 Å². The van der Waals surface area contributed by atoms with Crippen molar-refractivity contribution >= 4 is 11.7 Å². The van der Waals surface area contributed by atoms with E-state index in [9.17, 15) is 9.59 Å². The molecule has 130 valence electrons. The SMILES string of the molecule is CNC(=O)[C@@H](C#N)C(=O)c1cccc(-c2noc(CC(C)(C)C)n2)c1.